The van der Waals surface area contributed by atoms with E-state index < -0.39 is 0 Å². The van der Waals surface area contributed by atoms with Crippen molar-refractivity contribution in [1.29, 1.82) is 0 Å². The van der Waals surface area contributed by atoms with E-state index in [0.717, 1.165) is 20.7 Å². The molecule has 1 amide bonds. The second-order valence-electron chi connectivity index (χ2n) is 4.52. The predicted octanol–water partition coefficient (Wildman–Crippen LogP) is 3.36. The minimum absolute atomic E-state index is 0.132. The summed E-state index contributed by atoms with van der Waals surface area (Å²) >= 11 is 5.13. The van der Waals surface area contributed by atoms with Crippen LogP contribution in [0.4, 0.5) is 5.69 Å². The average Bonchev–Trinajstić information content (AvgIpc) is 2.53. The first kappa shape index (κ1) is 18.3. The van der Waals surface area contributed by atoms with Crippen LogP contribution in [0.1, 0.15) is 12.6 Å². The minimum Gasteiger partial charge on any atom is -0.325 e. The third-order valence-electron chi connectivity index (χ3n) is 2.70. The Morgan fingerprint density at radius 3 is 2.78 bits per heavy atom. The fourth-order valence-electron chi connectivity index (χ4n) is 1.70. The number of aromatic amines is 1. The molecule has 0 atom stereocenters. The highest BCUT2D eigenvalue weighted by atomic mass is 127. The fourth-order valence-corrected chi connectivity index (χ4v) is 3.31. The van der Waals surface area contributed by atoms with Crippen molar-refractivity contribution in [3.63, 3.8) is 0 Å². The summed E-state index contributed by atoms with van der Waals surface area (Å²) in [5, 5.41) is 3.29. The molecule has 1 aromatic heterocycles. The summed E-state index contributed by atoms with van der Waals surface area (Å²) in [6.45, 7) is 2.06. The number of anilines is 1. The zero-order chi connectivity index (χ0) is 16.7. The van der Waals surface area contributed by atoms with Gasteiger partial charge in [0.15, 0.2) is 5.16 Å². The molecule has 0 aliphatic rings. The van der Waals surface area contributed by atoms with Crippen molar-refractivity contribution < 1.29 is 4.79 Å². The monoisotopic (exact) mass is 461 g/mol. The second kappa shape index (κ2) is 9.33. The summed E-state index contributed by atoms with van der Waals surface area (Å²) in [4.78, 5) is 30.6. The molecule has 8 heteroatoms. The van der Waals surface area contributed by atoms with Crippen LogP contribution >= 0.6 is 46.1 Å². The first-order valence-corrected chi connectivity index (χ1v) is 10.1. The number of H-pyrrole nitrogens is 1. The molecule has 1 aromatic carbocycles. The molecule has 1 heterocycles. The summed E-state index contributed by atoms with van der Waals surface area (Å²) in [5.41, 5.74) is 1.30. The van der Waals surface area contributed by atoms with Gasteiger partial charge in [0.25, 0.3) is 5.56 Å². The van der Waals surface area contributed by atoms with E-state index in [4.69, 9.17) is 0 Å². The van der Waals surface area contributed by atoms with Crippen LogP contribution < -0.4 is 10.9 Å². The molecule has 0 fully saturated rings. The zero-order valence-electron chi connectivity index (χ0n) is 12.5. The number of amides is 1. The number of hydrogen-bond donors (Lipinski definition) is 2. The van der Waals surface area contributed by atoms with E-state index in [1.54, 1.807) is 11.8 Å². The molecular formula is C15H16IN3O2S2. The number of carbonyl (C=O) groups excluding carboxylic acids is 1. The van der Waals surface area contributed by atoms with E-state index in [1.165, 1.54) is 17.8 Å². The molecule has 0 bridgehead atoms. The predicted molar refractivity (Wildman–Crippen MR) is 105 cm³/mol. The Balaban J connectivity index is 1.91. The van der Waals surface area contributed by atoms with Gasteiger partial charge in [0, 0.05) is 21.1 Å². The molecule has 0 unspecified atom stereocenters. The smallest absolute Gasteiger partial charge is 0.251 e. The maximum atomic E-state index is 12.0. The van der Waals surface area contributed by atoms with Gasteiger partial charge in [0.2, 0.25) is 5.91 Å². The molecule has 0 spiro atoms. The molecule has 0 saturated carbocycles. The van der Waals surface area contributed by atoms with Crippen LogP contribution in [0.2, 0.25) is 0 Å². The SMILES string of the molecule is CCSCc1cc(=O)[nH]c(SCC(=O)Nc2ccc(I)cc2)n1. The Hall–Kier alpha value is -1.00. The number of thioether (sulfide) groups is 2. The molecule has 0 saturated heterocycles. The largest absolute Gasteiger partial charge is 0.325 e. The lowest BCUT2D eigenvalue weighted by Gasteiger charge is -2.06. The van der Waals surface area contributed by atoms with Gasteiger partial charge in [-0.3, -0.25) is 9.59 Å². The average molecular weight is 461 g/mol. The van der Waals surface area contributed by atoms with E-state index in [9.17, 15) is 9.59 Å². The Bertz CT molecular complexity index is 719. The Labute approximate surface area is 156 Å². The van der Waals surface area contributed by atoms with Crippen LogP contribution in [-0.2, 0) is 10.5 Å². The van der Waals surface area contributed by atoms with Gasteiger partial charge in [0.05, 0.1) is 11.4 Å². The van der Waals surface area contributed by atoms with Crippen molar-refractivity contribution in [2.45, 2.75) is 17.8 Å². The Kier molecular flexibility index (Phi) is 7.44. The minimum atomic E-state index is -0.188. The number of nitrogens with one attached hydrogen (secondary N) is 2. The van der Waals surface area contributed by atoms with E-state index in [1.807, 2.05) is 24.3 Å². The lowest BCUT2D eigenvalue weighted by atomic mass is 10.3. The first-order chi connectivity index (χ1) is 11.1. The number of halogens is 1. The summed E-state index contributed by atoms with van der Waals surface area (Å²) in [6, 6.07) is 9.06. The van der Waals surface area contributed by atoms with Gasteiger partial charge in [-0.05, 0) is 52.6 Å². The quantitative estimate of drug-likeness (QED) is 0.376. The van der Waals surface area contributed by atoms with Crippen LogP contribution in [0.25, 0.3) is 0 Å². The normalized spacial score (nSPS) is 10.5. The lowest BCUT2D eigenvalue weighted by Crippen LogP contribution is -2.15. The van der Waals surface area contributed by atoms with E-state index >= 15 is 0 Å². The highest BCUT2D eigenvalue weighted by Gasteiger charge is 2.07. The highest BCUT2D eigenvalue weighted by molar-refractivity contribution is 14.1. The van der Waals surface area contributed by atoms with Gasteiger partial charge < -0.3 is 10.3 Å². The number of carbonyl (C=O) groups is 1. The third kappa shape index (κ3) is 6.56. The molecule has 2 aromatic rings. The Morgan fingerprint density at radius 1 is 1.35 bits per heavy atom. The van der Waals surface area contributed by atoms with Crippen LogP contribution in [0.15, 0.2) is 40.3 Å². The highest BCUT2D eigenvalue weighted by Crippen LogP contribution is 2.16. The topological polar surface area (TPSA) is 74.8 Å². The Morgan fingerprint density at radius 2 is 2.09 bits per heavy atom. The maximum Gasteiger partial charge on any atom is 0.251 e. The van der Waals surface area contributed by atoms with Gasteiger partial charge in [0.1, 0.15) is 0 Å². The van der Waals surface area contributed by atoms with Crippen molar-refractivity contribution >= 4 is 57.7 Å². The van der Waals surface area contributed by atoms with Crippen LogP contribution in [-0.4, -0.2) is 27.4 Å². The molecule has 23 heavy (non-hydrogen) atoms. The van der Waals surface area contributed by atoms with Gasteiger partial charge in [-0.25, -0.2) is 4.98 Å². The molecule has 0 radical (unpaired) electrons. The third-order valence-corrected chi connectivity index (χ3v) is 5.20. The molecule has 2 rings (SSSR count). The van der Waals surface area contributed by atoms with Crippen LogP contribution in [0.3, 0.4) is 0 Å². The van der Waals surface area contributed by atoms with E-state index in [0.29, 0.717) is 10.9 Å². The molecular weight excluding hydrogens is 445 g/mol. The number of rotatable bonds is 7. The van der Waals surface area contributed by atoms with Crippen LogP contribution in [0, 0.1) is 3.57 Å². The first-order valence-electron chi connectivity index (χ1n) is 6.93. The fraction of sp³-hybridized carbons (Fsp3) is 0.267. The number of hydrogen-bond acceptors (Lipinski definition) is 5. The molecule has 0 aliphatic heterocycles. The molecule has 0 aliphatic carbocycles. The second-order valence-corrected chi connectivity index (χ2v) is 8.01. The summed E-state index contributed by atoms with van der Waals surface area (Å²) in [5.74, 6) is 1.73. The summed E-state index contributed by atoms with van der Waals surface area (Å²) in [7, 11) is 0. The number of benzene rings is 1. The molecule has 2 N–H and O–H groups in total. The maximum absolute atomic E-state index is 12.0. The van der Waals surface area contributed by atoms with Crippen molar-refractivity contribution in [3.8, 4) is 0 Å². The van der Waals surface area contributed by atoms with Crippen molar-refractivity contribution in [3.05, 3.63) is 49.9 Å². The van der Waals surface area contributed by atoms with Crippen LogP contribution in [0.5, 0.6) is 0 Å². The number of nitrogens with zero attached hydrogens (tertiary/aromatic N) is 1. The summed E-state index contributed by atoms with van der Waals surface area (Å²) < 4.78 is 1.11. The number of aromatic nitrogens is 2. The van der Waals surface area contributed by atoms with E-state index in [-0.39, 0.29) is 17.2 Å². The molecule has 122 valence electrons. The lowest BCUT2D eigenvalue weighted by molar-refractivity contribution is -0.113. The van der Waals surface area contributed by atoms with E-state index in [2.05, 4.69) is 44.8 Å². The zero-order valence-corrected chi connectivity index (χ0v) is 16.3. The van der Waals surface area contributed by atoms with Gasteiger partial charge in [-0.15, -0.1) is 0 Å². The van der Waals surface area contributed by atoms with Gasteiger partial charge in [-0.1, -0.05) is 18.7 Å². The molecule has 5 nitrogen and oxygen atoms in total. The van der Waals surface area contributed by atoms with Crippen molar-refractivity contribution in [2.24, 2.45) is 0 Å². The van der Waals surface area contributed by atoms with Gasteiger partial charge >= 0.3 is 0 Å². The summed E-state index contributed by atoms with van der Waals surface area (Å²) in [6.07, 6.45) is 0. The van der Waals surface area contributed by atoms with Crippen molar-refractivity contribution in [2.75, 3.05) is 16.8 Å². The standard InChI is InChI=1S/C15H16IN3O2S2/c1-2-22-8-12-7-13(20)19-15(18-12)23-9-14(21)17-11-5-3-10(16)4-6-11/h3-7H,2,8-9H2,1H3,(H,17,21)(H,18,19,20). The van der Waals surface area contributed by atoms with Gasteiger partial charge in [-0.2, -0.15) is 11.8 Å². The van der Waals surface area contributed by atoms with Crippen molar-refractivity contribution in [1.82, 2.24) is 9.97 Å².